The van der Waals surface area contributed by atoms with Gasteiger partial charge in [-0.2, -0.15) is 0 Å². The summed E-state index contributed by atoms with van der Waals surface area (Å²) >= 11 is 0. The molecule has 110 valence electrons. The number of aromatic amines is 1. The Labute approximate surface area is 122 Å². The average Bonchev–Trinajstić information content (AvgIpc) is 2.53. The van der Waals surface area contributed by atoms with Crippen LogP contribution in [0.2, 0.25) is 0 Å². The third-order valence-corrected chi connectivity index (χ3v) is 4.14. The van der Waals surface area contributed by atoms with Crippen LogP contribution in [0.5, 0.6) is 0 Å². The first-order chi connectivity index (χ1) is 10.2. The molecule has 1 aliphatic heterocycles. The molecule has 0 saturated carbocycles. The van der Waals surface area contributed by atoms with Crippen LogP contribution in [-0.4, -0.2) is 40.6 Å². The summed E-state index contributed by atoms with van der Waals surface area (Å²) in [4.78, 5) is 28.9. The largest absolute Gasteiger partial charge is 0.396 e. The van der Waals surface area contributed by atoms with Gasteiger partial charge in [0.05, 0.1) is 5.56 Å². The van der Waals surface area contributed by atoms with Crippen molar-refractivity contribution in [3.05, 3.63) is 46.2 Å². The van der Waals surface area contributed by atoms with Gasteiger partial charge in [-0.15, -0.1) is 0 Å². The molecule has 0 atom stereocenters. The quantitative estimate of drug-likeness (QED) is 0.875. The van der Waals surface area contributed by atoms with Gasteiger partial charge in [-0.05, 0) is 24.8 Å². The van der Waals surface area contributed by atoms with Gasteiger partial charge in [0.1, 0.15) is 0 Å². The summed E-state index contributed by atoms with van der Waals surface area (Å²) in [5.41, 5.74) is 0.873. The zero-order chi connectivity index (χ0) is 14.8. The number of fused-ring (bicyclic) bond motifs is 1. The Morgan fingerprint density at radius 2 is 2.00 bits per heavy atom. The molecule has 0 radical (unpaired) electrons. The zero-order valence-corrected chi connectivity index (χ0v) is 11.7. The number of amides is 1. The molecule has 1 aliphatic rings. The predicted molar refractivity (Wildman–Crippen MR) is 80.3 cm³/mol. The molecule has 2 N–H and O–H groups in total. The lowest BCUT2D eigenvalue weighted by atomic mass is 9.97. The molecule has 5 heteroatoms. The fourth-order valence-corrected chi connectivity index (χ4v) is 2.87. The van der Waals surface area contributed by atoms with Crippen LogP contribution in [0.25, 0.3) is 10.9 Å². The SMILES string of the molecule is O=C(c1cc(=O)[nH]c2ccccc12)N1CCC(CO)CC1. The summed E-state index contributed by atoms with van der Waals surface area (Å²) in [7, 11) is 0. The number of aromatic nitrogens is 1. The Kier molecular flexibility index (Phi) is 3.75. The van der Waals surface area contributed by atoms with Gasteiger partial charge < -0.3 is 15.0 Å². The maximum atomic E-state index is 12.7. The smallest absolute Gasteiger partial charge is 0.254 e. The van der Waals surface area contributed by atoms with Gasteiger partial charge in [0.25, 0.3) is 5.91 Å². The first-order valence-electron chi connectivity index (χ1n) is 7.21. The number of hydrogen-bond donors (Lipinski definition) is 2. The molecule has 5 nitrogen and oxygen atoms in total. The standard InChI is InChI=1S/C16H18N2O3/c19-10-11-5-7-18(8-6-11)16(21)13-9-15(20)17-14-4-2-1-3-12(13)14/h1-4,9,11,19H,5-8,10H2,(H,17,20). The normalized spacial score (nSPS) is 16.3. The Morgan fingerprint density at radius 1 is 1.29 bits per heavy atom. The summed E-state index contributed by atoms with van der Waals surface area (Å²) < 4.78 is 0. The topological polar surface area (TPSA) is 73.4 Å². The van der Waals surface area contributed by atoms with Crippen molar-refractivity contribution in [3.8, 4) is 0 Å². The van der Waals surface area contributed by atoms with E-state index in [2.05, 4.69) is 4.98 Å². The van der Waals surface area contributed by atoms with Crippen molar-refractivity contribution >= 4 is 16.8 Å². The van der Waals surface area contributed by atoms with Crippen molar-refractivity contribution in [2.45, 2.75) is 12.8 Å². The fourth-order valence-electron chi connectivity index (χ4n) is 2.87. The van der Waals surface area contributed by atoms with Gasteiger partial charge in [0.15, 0.2) is 0 Å². The van der Waals surface area contributed by atoms with Gasteiger partial charge in [-0.1, -0.05) is 18.2 Å². The first-order valence-corrected chi connectivity index (χ1v) is 7.21. The molecule has 1 aromatic heterocycles. The van der Waals surface area contributed by atoms with Crippen LogP contribution >= 0.6 is 0 Å². The number of pyridine rings is 1. The molecule has 1 saturated heterocycles. The highest BCUT2D eigenvalue weighted by Crippen LogP contribution is 2.21. The molecule has 3 rings (SSSR count). The molecule has 0 unspecified atom stereocenters. The van der Waals surface area contributed by atoms with Crippen LogP contribution in [0, 0.1) is 5.92 Å². The monoisotopic (exact) mass is 286 g/mol. The second-order valence-electron chi connectivity index (χ2n) is 5.51. The van der Waals surface area contributed by atoms with E-state index in [1.807, 2.05) is 18.2 Å². The van der Waals surface area contributed by atoms with E-state index in [1.54, 1.807) is 11.0 Å². The van der Waals surface area contributed by atoms with E-state index in [0.717, 1.165) is 18.2 Å². The summed E-state index contributed by atoms with van der Waals surface area (Å²) in [6.45, 7) is 1.44. The van der Waals surface area contributed by atoms with E-state index in [1.165, 1.54) is 6.07 Å². The van der Waals surface area contributed by atoms with Gasteiger partial charge in [-0.3, -0.25) is 9.59 Å². The molecule has 1 amide bonds. The minimum Gasteiger partial charge on any atom is -0.396 e. The molecule has 1 fully saturated rings. The third kappa shape index (κ3) is 2.69. The highest BCUT2D eigenvalue weighted by molar-refractivity contribution is 6.05. The predicted octanol–water partition coefficient (Wildman–Crippen LogP) is 1.37. The van der Waals surface area contributed by atoms with Crippen molar-refractivity contribution in [1.82, 2.24) is 9.88 Å². The maximum absolute atomic E-state index is 12.7. The number of carbonyl (C=O) groups is 1. The summed E-state index contributed by atoms with van der Waals surface area (Å²) in [6.07, 6.45) is 1.62. The van der Waals surface area contributed by atoms with E-state index in [4.69, 9.17) is 5.11 Å². The molecule has 0 spiro atoms. The van der Waals surface area contributed by atoms with Crippen LogP contribution in [0.15, 0.2) is 35.1 Å². The Balaban J connectivity index is 1.93. The van der Waals surface area contributed by atoms with Gasteiger partial charge in [0, 0.05) is 36.7 Å². The van der Waals surface area contributed by atoms with Crippen molar-refractivity contribution < 1.29 is 9.90 Å². The van der Waals surface area contributed by atoms with Crippen LogP contribution < -0.4 is 5.56 Å². The van der Waals surface area contributed by atoms with Crippen LogP contribution in [0.1, 0.15) is 23.2 Å². The highest BCUT2D eigenvalue weighted by Gasteiger charge is 2.24. The second kappa shape index (κ2) is 5.69. The molecule has 0 bridgehead atoms. The Hall–Kier alpha value is -2.14. The van der Waals surface area contributed by atoms with E-state index in [0.29, 0.717) is 24.2 Å². The van der Waals surface area contributed by atoms with Crippen LogP contribution in [0.4, 0.5) is 0 Å². The number of carbonyl (C=O) groups excluding carboxylic acids is 1. The number of benzene rings is 1. The summed E-state index contributed by atoms with van der Waals surface area (Å²) in [6, 6.07) is 8.71. The third-order valence-electron chi connectivity index (χ3n) is 4.14. The van der Waals surface area contributed by atoms with Crippen molar-refractivity contribution in [1.29, 1.82) is 0 Å². The number of nitrogens with one attached hydrogen (secondary N) is 1. The molecule has 0 aliphatic carbocycles. The number of hydrogen-bond acceptors (Lipinski definition) is 3. The number of rotatable bonds is 2. The number of aliphatic hydroxyl groups excluding tert-OH is 1. The zero-order valence-electron chi connectivity index (χ0n) is 11.7. The van der Waals surface area contributed by atoms with Gasteiger partial charge in [0.2, 0.25) is 5.56 Å². The summed E-state index contributed by atoms with van der Waals surface area (Å²) in [5.74, 6) is 0.179. The molecule has 21 heavy (non-hydrogen) atoms. The van der Waals surface area contributed by atoms with Gasteiger partial charge >= 0.3 is 0 Å². The fraction of sp³-hybridized carbons (Fsp3) is 0.375. The maximum Gasteiger partial charge on any atom is 0.254 e. The summed E-state index contributed by atoms with van der Waals surface area (Å²) in [5, 5.41) is 9.93. The van der Waals surface area contributed by atoms with E-state index >= 15 is 0 Å². The molecule has 2 aromatic rings. The number of piperidine rings is 1. The van der Waals surface area contributed by atoms with Crippen molar-refractivity contribution in [2.75, 3.05) is 19.7 Å². The number of likely N-dealkylation sites (tertiary alicyclic amines) is 1. The number of para-hydroxylation sites is 1. The Bertz CT molecular complexity index is 715. The first kappa shape index (κ1) is 13.8. The highest BCUT2D eigenvalue weighted by atomic mass is 16.3. The minimum atomic E-state index is -0.262. The number of nitrogens with zero attached hydrogens (tertiary/aromatic N) is 1. The Morgan fingerprint density at radius 3 is 2.71 bits per heavy atom. The molecule has 1 aromatic carbocycles. The molecule has 2 heterocycles. The van der Waals surface area contributed by atoms with Crippen LogP contribution in [0.3, 0.4) is 0 Å². The molecular formula is C16H18N2O3. The molecular weight excluding hydrogens is 268 g/mol. The lowest BCUT2D eigenvalue weighted by molar-refractivity contribution is 0.0652. The lowest BCUT2D eigenvalue weighted by Gasteiger charge is -2.31. The number of aliphatic hydroxyl groups is 1. The number of H-pyrrole nitrogens is 1. The van der Waals surface area contributed by atoms with Crippen LogP contribution in [-0.2, 0) is 0 Å². The minimum absolute atomic E-state index is 0.103. The average molecular weight is 286 g/mol. The van der Waals surface area contributed by atoms with E-state index in [-0.39, 0.29) is 24.0 Å². The lowest BCUT2D eigenvalue weighted by Crippen LogP contribution is -2.39. The second-order valence-corrected chi connectivity index (χ2v) is 5.51. The van der Waals surface area contributed by atoms with E-state index < -0.39 is 0 Å². The van der Waals surface area contributed by atoms with Crippen molar-refractivity contribution in [2.24, 2.45) is 5.92 Å². The van der Waals surface area contributed by atoms with E-state index in [9.17, 15) is 9.59 Å². The van der Waals surface area contributed by atoms with Gasteiger partial charge in [-0.25, -0.2) is 0 Å². The van der Waals surface area contributed by atoms with Crippen molar-refractivity contribution in [3.63, 3.8) is 0 Å².